The number of anilines is 1. The van der Waals surface area contributed by atoms with E-state index in [1.165, 1.54) is 11.8 Å². The summed E-state index contributed by atoms with van der Waals surface area (Å²) in [7, 11) is 0. The molecule has 1 aromatic heterocycles. The molecule has 7 heteroatoms. The Kier molecular flexibility index (Phi) is 6.63. The number of carbonyl (C=O) groups is 2. The standard InChI is InChI=1S/C17H17ClN2O3S/c1-11(2)23-17(22)12-6-5-9-19-16(12)24-10-15(21)20-14-8-4-3-7-13(14)18/h3-9,11H,10H2,1-2H3,(H,20,21). The number of thioether (sulfide) groups is 1. The number of amides is 1. The van der Waals surface area contributed by atoms with Crippen LogP contribution in [-0.4, -0.2) is 28.7 Å². The van der Waals surface area contributed by atoms with Gasteiger partial charge in [0.05, 0.1) is 28.1 Å². The highest BCUT2D eigenvalue weighted by atomic mass is 35.5. The van der Waals surface area contributed by atoms with E-state index in [1.54, 1.807) is 56.4 Å². The number of aromatic nitrogens is 1. The number of halogens is 1. The summed E-state index contributed by atoms with van der Waals surface area (Å²) in [6.07, 6.45) is 1.35. The molecule has 0 spiro atoms. The van der Waals surface area contributed by atoms with Gasteiger partial charge in [-0.05, 0) is 38.1 Å². The number of esters is 1. The number of nitrogens with one attached hydrogen (secondary N) is 1. The Bertz CT molecular complexity index is 737. The molecule has 24 heavy (non-hydrogen) atoms. The topological polar surface area (TPSA) is 68.3 Å². The van der Waals surface area contributed by atoms with Gasteiger partial charge in [-0.3, -0.25) is 4.79 Å². The predicted molar refractivity (Wildman–Crippen MR) is 95.6 cm³/mol. The van der Waals surface area contributed by atoms with Gasteiger partial charge in [-0.25, -0.2) is 9.78 Å². The van der Waals surface area contributed by atoms with Crippen LogP contribution in [0.2, 0.25) is 5.02 Å². The molecule has 2 rings (SSSR count). The minimum absolute atomic E-state index is 0.101. The third-order valence-electron chi connectivity index (χ3n) is 2.82. The molecule has 126 valence electrons. The van der Waals surface area contributed by atoms with Crippen molar-refractivity contribution in [2.24, 2.45) is 0 Å². The summed E-state index contributed by atoms with van der Waals surface area (Å²) in [5.41, 5.74) is 0.895. The maximum atomic E-state index is 12.1. The molecule has 0 saturated carbocycles. The quantitative estimate of drug-likeness (QED) is 0.619. The van der Waals surface area contributed by atoms with E-state index in [2.05, 4.69) is 10.3 Å². The molecule has 0 aliphatic rings. The first kappa shape index (κ1) is 18.3. The zero-order valence-electron chi connectivity index (χ0n) is 13.3. The smallest absolute Gasteiger partial charge is 0.341 e. The number of rotatable bonds is 6. The highest BCUT2D eigenvalue weighted by Gasteiger charge is 2.16. The Morgan fingerprint density at radius 2 is 2.00 bits per heavy atom. The van der Waals surface area contributed by atoms with Crippen LogP contribution in [0.5, 0.6) is 0 Å². The van der Waals surface area contributed by atoms with Gasteiger partial charge < -0.3 is 10.1 Å². The first-order chi connectivity index (χ1) is 11.5. The van der Waals surface area contributed by atoms with E-state index in [9.17, 15) is 9.59 Å². The Balaban J connectivity index is 2.00. The van der Waals surface area contributed by atoms with Crippen molar-refractivity contribution in [3.63, 3.8) is 0 Å². The Morgan fingerprint density at radius 1 is 1.25 bits per heavy atom. The summed E-state index contributed by atoms with van der Waals surface area (Å²) >= 11 is 7.17. The second-order valence-electron chi connectivity index (χ2n) is 5.13. The van der Waals surface area contributed by atoms with Crippen LogP contribution >= 0.6 is 23.4 Å². The van der Waals surface area contributed by atoms with Gasteiger partial charge in [-0.15, -0.1) is 0 Å². The SMILES string of the molecule is CC(C)OC(=O)c1cccnc1SCC(=O)Nc1ccccc1Cl. The highest BCUT2D eigenvalue weighted by Crippen LogP contribution is 2.23. The summed E-state index contributed by atoms with van der Waals surface area (Å²) in [4.78, 5) is 28.3. The van der Waals surface area contributed by atoms with E-state index in [0.29, 0.717) is 21.3 Å². The second kappa shape index (κ2) is 8.70. The maximum Gasteiger partial charge on any atom is 0.341 e. The lowest BCUT2D eigenvalue weighted by Crippen LogP contribution is -2.16. The number of hydrogen-bond acceptors (Lipinski definition) is 5. The molecule has 1 aromatic carbocycles. The van der Waals surface area contributed by atoms with E-state index >= 15 is 0 Å². The zero-order chi connectivity index (χ0) is 17.5. The van der Waals surface area contributed by atoms with Crippen molar-refractivity contribution in [3.8, 4) is 0 Å². The third-order valence-corrected chi connectivity index (χ3v) is 4.16. The summed E-state index contributed by atoms with van der Waals surface area (Å²) in [5.74, 6) is -0.585. The van der Waals surface area contributed by atoms with Gasteiger partial charge in [0.25, 0.3) is 0 Å². The number of benzene rings is 1. The number of pyridine rings is 1. The predicted octanol–water partition coefficient (Wildman–Crippen LogP) is 4.03. The Labute approximate surface area is 149 Å². The molecule has 0 fully saturated rings. The summed E-state index contributed by atoms with van der Waals surface area (Å²) < 4.78 is 5.18. The van der Waals surface area contributed by atoms with Gasteiger partial charge in [0.1, 0.15) is 5.03 Å². The minimum Gasteiger partial charge on any atom is -0.459 e. The Hall–Kier alpha value is -2.05. The molecule has 5 nitrogen and oxygen atoms in total. The van der Waals surface area contributed by atoms with E-state index in [0.717, 1.165) is 0 Å². The van der Waals surface area contributed by atoms with Gasteiger partial charge in [0.15, 0.2) is 0 Å². The molecule has 1 heterocycles. The molecule has 0 atom stereocenters. The van der Waals surface area contributed by atoms with Gasteiger partial charge in [-0.2, -0.15) is 0 Å². The molecular formula is C17H17ClN2O3S. The third kappa shape index (κ3) is 5.25. The van der Waals surface area contributed by atoms with Gasteiger partial charge in [-0.1, -0.05) is 35.5 Å². The van der Waals surface area contributed by atoms with E-state index in [4.69, 9.17) is 16.3 Å². The van der Waals surface area contributed by atoms with Gasteiger partial charge in [0, 0.05) is 6.20 Å². The fraction of sp³-hybridized carbons (Fsp3) is 0.235. The number of para-hydroxylation sites is 1. The second-order valence-corrected chi connectivity index (χ2v) is 6.50. The largest absolute Gasteiger partial charge is 0.459 e. The summed E-state index contributed by atoms with van der Waals surface area (Å²) in [6.45, 7) is 3.55. The van der Waals surface area contributed by atoms with Crippen molar-refractivity contribution < 1.29 is 14.3 Å². The first-order valence-corrected chi connectivity index (χ1v) is 8.67. The van der Waals surface area contributed by atoms with Crippen molar-refractivity contribution in [1.29, 1.82) is 0 Å². The van der Waals surface area contributed by atoms with Crippen LogP contribution in [0, 0.1) is 0 Å². The minimum atomic E-state index is -0.452. The molecule has 0 saturated heterocycles. The van der Waals surface area contributed by atoms with Crippen LogP contribution in [0.3, 0.4) is 0 Å². The van der Waals surface area contributed by atoms with Gasteiger partial charge >= 0.3 is 5.97 Å². The molecule has 0 unspecified atom stereocenters. The average molecular weight is 365 g/mol. The molecule has 2 aromatic rings. The van der Waals surface area contributed by atoms with E-state index in [-0.39, 0.29) is 17.8 Å². The van der Waals surface area contributed by atoms with Crippen LogP contribution in [0.15, 0.2) is 47.6 Å². The van der Waals surface area contributed by atoms with Crippen LogP contribution in [0.25, 0.3) is 0 Å². The van der Waals surface area contributed by atoms with Crippen molar-refractivity contribution >= 4 is 40.9 Å². The lowest BCUT2D eigenvalue weighted by atomic mass is 10.3. The molecule has 0 aliphatic heterocycles. The van der Waals surface area contributed by atoms with Crippen LogP contribution < -0.4 is 5.32 Å². The van der Waals surface area contributed by atoms with Crippen molar-refractivity contribution in [3.05, 3.63) is 53.2 Å². The zero-order valence-corrected chi connectivity index (χ0v) is 14.9. The van der Waals surface area contributed by atoms with Crippen molar-refractivity contribution in [2.75, 3.05) is 11.1 Å². The number of nitrogens with zero attached hydrogens (tertiary/aromatic N) is 1. The molecule has 0 radical (unpaired) electrons. The number of ether oxygens (including phenoxy) is 1. The monoisotopic (exact) mass is 364 g/mol. The van der Waals surface area contributed by atoms with E-state index in [1.807, 2.05) is 0 Å². The molecule has 1 amide bonds. The molecule has 0 aliphatic carbocycles. The van der Waals surface area contributed by atoms with E-state index < -0.39 is 5.97 Å². The van der Waals surface area contributed by atoms with Crippen LogP contribution in [0.1, 0.15) is 24.2 Å². The maximum absolute atomic E-state index is 12.1. The van der Waals surface area contributed by atoms with Crippen LogP contribution in [-0.2, 0) is 9.53 Å². The highest BCUT2D eigenvalue weighted by molar-refractivity contribution is 8.00. The fourth-order valence-corrected chi connectivity index (χ4v) is 2.79. The van der Waals surface area contributed by atoms with Crippen molar-refractivity contribution in [1.82, 2.24) is 4.98 Å². The van der Waals surface area contributed by atoms with Crippen molar-refractivity contribution in [2.45, 2.75) is 25.0 Å². The number of carbonyl (C=O) groups excluding carboxylic acids is 2. The fourth-order valence-electron chi connectivity index (χ4n) is 1.82. The molecule has 1 N–H and O–H groups in total. The number of hydrogen-bond donors (Lipinski definition) is 1. The molecular weight excluding hydrogens is 348 g/mol. The average Bonchev–Trinajstić information content (AvgIpc) is 2.55. The lowest BCUT2D eigenvalue weighted by Gasteiger charge is -2.11. The summed E-state index contributed by atoms with van der Waals surface area (Å²) in [6, 6.07) is 10.3. The molecule has 0 bridgehead atoms. The summed E-state index contributed by atoms with van der Waals surface area (Å²) in [5, 5.41) is 3.65. The lowest BCUT2D eigenvalue weighted by molar-refractivity contribution is -0.113. The Morgan fingerprint density at radius 3 is 2.71 bits per heavy atom. The normalized spacial score (nSPS) is 10.5. The van der Waals surface area contributed by atoms with Crippen LogP contribution in [0.4, 0.5) is 5.69 Å². The first-order valence-electron chi connectivity index (χ1n) is 7.30. The van der Waals surface area contributed by atoms with Gasteiger partial charge in [0.2, 0.25) is 5.91 Å².